The van der Waals surface area contributed by atoms with E-state index in [4.69, 9.17) is 27.9 Å². The van der Waals surface area contributed by atoms with Crippen molar-refractivity contribution < 1.29 is 23.0 Å². The van der Waals surface area contributed by atoms with Gasteiger partial charge in [-0.25, -0.2) is 0 Å². The summed E-state index contributed by atoms with van der Waals surface area (Å²) in [4.78, 5) is 3.32. The van der Waals surface area contributed by atoms with Gasteiger partial charge in [-0.3, -0.25) is 0 Å². The molecule has 2 aliphatic heterocycles. The molecule has 1 fully saturated rings. The first-order valence-electron chi connectivity index (χ1n) is 12.1. The third-order valence-electron chi connectivity index (χ3n) is 7.16. The second-order valence-electron chi connectivity index (χ2n) is 9.49. The standard InChI is InChI=1S/C28H26Cl2F3NO2S/c29-20-6-8-25-22(16-20)26(21-4-2-1-3-18(21)17-37-25)36-14-13-34-11-9-27(35,10-12-34)19-5-7-24(30)23(15-19)28(31,32)33/h1-8,15-16,26,35H,9-14,17H2/t26-/m0/s1. The molecule has 0 unspecified atom stereocenters. The lowest BCUT2D eigenvalue weighted by molar-refractivity contribution is -0.137. The minimum absolute atomic E-state index is 0.239. The predicted octanol–water partition coefficient (Wildman–Crippen LogP) is 7.71. The average molecular weight is 568 g/mol. The van der Waals surface area contributed by atoms with Crippen LogP contribution < -0.4 is 0 Å². The van der Waals surface area contributed by atoms with Gasteiger partial charge < -0.3 is 14.7 Å². The van der Waals surface area contributed by atoms with Crippen molar-refractivity contribution in [3.63, 3.8) is 0 Å². The van der Waals surface area contributed by atoms with Crippen molar-refractivity contribution >= 4 is 35.0 Å². The number of likely N-dealkylation sites (tertiary alicyclic amines) is 1. The van der Waals surface area contributed by atoms with Crippen LogP contribution in [-0.2, 0) is 22.3 Å². The Kier molecular flexibility index (Phi) is 7.83. The summed E-state index contributed by atoms with van der Waals surface area (Å²) in [6, 6.07) is 17.9. The number of rotatable bonds is 5. The van der Waals surface area contributed by atoms with Gasteiger partial charge in [0.15, 0.2) is 0 Å². The van der Waals surface area contributed by atoms with Gasteiger partial charge >= 0.3 is 6.18 Å². The highest BCUT2D eigenvalue weighted by Crippen LogP contribution is 2.43. The minimum atomic E-state index is -4.57. The van der Waals surface area contributed by atoms with Gasteiger partial charge in [0.2, 0.25) is 0 Å². The summed E-state index contributed by atoms with van der Waals surface area (Å²) in [7, 11) is 0. The Labute approximate surface area is 228 Å². The molecule has 3 aromatic rings. The molecule has 5 rings (SSSR count). The largest absolute Gasteiger partial charge is 0.417 e. The van der Waals surface area contributed by atoms with Gasteiger partial charge in [0.1, 0.15) is 6.10 Å². The fourth-order valence-corrected chi connectivity index (χ4v) is 6.52. The quantitative estimate of drug-likeness (QED) is 0.342. The number of ether oxygens (including phenoxy) is 1. The van der Waals surface area contributed by atoms with E-state index in [9.17, 15) is 18.3 Å². The second-order valence-corrected chi connectivity index (χ2v) is 11.3. The number of fused-ring (bicyclic) bond motifs is 2. The Morgan fingerprint density at radius 3 is 2.51 bits per heavy atom. The van der Waals surface area contributed by atoms with Crippen molar-refractivity contribution in [3.8, 4) is 0 Å². The van der Waals surface area contributed by atoms with Crippen molar-refractivity contribution in [3.05, 3.63) is 98.5 Å². The number of halogens is 5. The Morgan fingerprint density at radius 2 is 1.76 bits per heavy atom. The van der Waals surface area contributed by atoms with Gasteiger partial charge in [0, 0.05) is 40.9 Å². The fraction of sp³-hybridized carbons (Fsp3) is 0.357. The van der Waals surface area contributed by atoms with Crippen LogP contribution in [0.1, 0.15) is 46.8 Å². The van der Waals surface area contributed by atoms with E-state index < -0.39 is 17.3 Å². The molecule has 9 heteroatoms. The zero-order valence-corrected chi connectivity index (χ0v) is 22.2. The third-order valence-corrected chi connectivity index (χ3v) is 8.86. The third kappa shape index (κ3) is 5.82. The Hall–Kier alpha value is -1.74. The van der Waals surface area contributed by atoms with Gasteiger partial charge in [-0.05, 0) is 59.9 Å². The number of benzene rings is 3. The SMILES string of the molecule is OC1(c2ccc(Cl)c(C(F)(F)F)c2)CCN(CCO[C@H]2c3ccccc3CSc3ccc(Cl)cc32)CC1. The number of alkyl halides is 3. The van der Waals surface area contributed by atoms with E-state index in [2.05, 4.69) is 17.0 Å². The number of hydrogen-bond acceptors (Lipinski definition) is 4. The molecular formula is C28H26Cl2F3NO2S. The Morgan fingerprint density at radius 1 is 1.00 bits per heavy atom. The summed E-state index contributed by atoms with van der Waals surface area (Å²) in [6.45, 7) is 2.20. The van der Waals surface area contributed by atoms with E-state index in [1.54, 1.807) is 11.8 Å². The van der Waals surface area contributed by atoms with Crippen molar-refractivity contribution in [2.24, 2.45) is 0 Å². The van der Waals surface area contributed by atoms with E-state index in [1.165, 1.54) is 17.7 Å². The van der Waals surface area contributed by atoms with Crippen molar-refractivity contribution in [2.45, 2.75) is 41.4 Å². The molecule has 0 aliphatic carbocycles. The Balaban J connectivity index is 1.24. The molecule has 2 heterocycles. The maximum absolute atomic E-state index is 13.3. The summed E-state index contributed by atoms with van der Waals surface area (Å²) >= 11 is 13.9. The fourth-order valence-electron chi connectivity index (χ4n) is 5.05. The molecule has 1 N–H and O–H groups in total. The number of aliphatic hydroxyl groups is 1. The number of piperidine rings is 1. The molecule has 0 aromatic heterocycles. The lowest BCUT2D eigenvalue weighted by Gasteiger charge is -2.39. The molecule has 0 radical (unpaired) electrons. The van der Waals surface area contributed by atoms with Gasteiger partial charge in [0.05, 0.1) is 22.8 Å². The monoisotopic (exact) mass is 567 g/mol. The van der Waals surface area contributed by atoms with Crippen LogP contribution in [0.2, 0.25) is 10.0 Å². The van der Waals surface area contributed by atoms with Gasteiger partial charge in [-0.2, -0.15) is 13.2 Å². The lowest BCUT2D eigenvalue weighted by Crippen LogP contribution is -2.43. The van der Waals surface area contributed by atoms with Crippen LogP contribution in [0.15, 0.2) is 65.6 Å². The topological polar surface area (TPSA) is 32.7 Å². The first-order chi connectivity index (χ1) is 17.6. The molecule has 1 atom stereocenters. The van der Waals surface area contributed by atoms with Crippen LogP contribution >= 0.6 is 35.0 Å². The number of thioether (sulfide) groups is 1. The van der Waals surface area contributed by atoms with Gasteiger partial charge in [-0.15, -0.1) is 11.8 Å². The molecule has 37 heavy (non-hydrogen) atoms. The van der Waals surface area contributed by atoms with Crippen LogP contribution in [0.5, 0.6) is 0 Å². The molecule has 0 amide bonds. The average Bonchev–Trinajstić information content (AvgIpc) is 3.01. The van der Waals surface area contributed by atoms with Gasteiger partial charge in [-0.1, -0.05) is 53.5 Å². The van der Waals surface area contributed by atoms with Crippen molar-refractivity contribution in [1.82, 2.24) is 4.90 Å². The molecule has 196 valence electrons. The molecule has 3 aromatic carbocycles. The molecule has 1 saturated heterocycles. The summed E-state index contributed by atoms with van der Waals surface area (Å²) in [5.74, 6) is 0.857. The Bertz CT molecular complexity index is 1280. The second kappa shape index (κ2) is 10.8. The highest BCUT2D eigenvalue weighted by molar-refractivity contribution is 7.98. The lowest BCUT2D eigenvalue weighted by atomic mass is 9.83. The maximum Gasteiger partial charge on any atom is 0.417 e. The van der Waals surface area contributed by atoms with Gasteiger partial charge in [0.25, 0.3) is 0 Å². The van der Waals surface area contributed by atoms with Crippen LogP contribution in [-0.4, -0.2) is 36.2 Å². The van der Waals surface area contributed by atoms with E-state index >= 15 is 0 Å². The van der Waals surface area contributed by atoms with E-state index in [0.29, 0.717) is 44.1 Å². The van der Waals surface area contributed by atoms with Crippen LogP contribution in [0.3, 0.4) is 0 Å². The molecule has 0 spiro atoms. The van der Waals surface area contributed by atoms with E-state index in [0.717, 1.165) is 27.8 Å². The molecule has 2 aliphatic rings. The van der Waals surface area contributed by atoms with Crippen LogP contribution in [0.25, 0.3) is 0 Å². The zero-order chi connectivity index (χ0) is 26.2. The zero-order valence-electron chi connectivity index (χ0n) is 19.9. The van der Waals surface area contributed by atoms with Crippen LogP contribution in [0.4, 0.5) is 13.2 Å². The maximum atomic E-state index is 13.3. The molecule has 0 saturated carbocycles. The highest BCUT2D eigenvalue weighted by atomic mass is 35.5. The first kappa shape index (κ1) is 26.9. The van der Waals surface area contributed by atoms with Crippen molar-refractivity contribution in [2.75, 3.05) is 26.2 Å². The first-order valence-corrected chi connectivity index (χ1v) is 13.8. The summed E-state index contributed by atoms with van der Waals surface area (Å²) in [6.07, 6.45) is -4.16. The summed E-state index contributed by atoms with van der Waals surface area (Å²) in [5, 5.41) is 11.5. The number of hydrogen-bond donors (Lipinski definition) is 1. The number of nitrogens with zero attached hydrogens (tertiary/aromatic N) is 1. The molecule has 0 bridgehead atoms. The normalized spacial score (nSPS) is 19.7. The van der Waals surface area contributed by atoms with E-state index in [-0.39, 0.29) is 16.7 Å². The predicted molar refractivity (Wildman–Crippen MR) is 141 cm³/mol. The smallest absolute Gasteiger partial charge is 0.385 e. The summed E-state index contributed by atoms with van der Waals surface area (Å²) in [5.41, 5.74) is 1.43. The molecule has 3 nitrogen and oxygen atoms in total. The van der Waals surface area contributed by atoms with E-state index in [1.807, 2.05) is 30.3 Å². The summed E-state index contributed by atoms with van der Waals surface area (Å²) < 4.78 is 46.4. The highest BCUT2D eigenvalue weighted by Gasteiger charge is 2.38. The van der Waals surface area contributed by atoms with Crippen molar-refractivity contribution in [1.29, 1.82) is 0 Å². The van der Waals surface area contributed by atoms with Crippen LogP contribution in [0, 0.1) is 0 Å². The molecular weight excluding hydrogens is 542 g/mol. The minimum Gasteiger partial charge on any atom is -0.385 e.